The molecule has 3 rings (SSSR count). The molecule has 0 aliphatic carbocycles. The first-order chi connectivity index (χ1) is 11.6. The van der Waals surface area contributed by atoms with E-state index in [4.69, 9.17) is 4.74 Å². The van der Waals surface area contributed by atoms with Gasteiger partial charge in [0.05, 0.1) is 12.6 Å². The molecule has 0 saturated carbocycles. The number of carbonyl (C=O) groups excluding carboxylic acids is 1. The Labute approximate surface area is 157 Å². The lowest BCUT2D eigenvalue weighted by Crippen LogP contribution is -2.46. The average molecular weight is 367 g/mol. The van der Waals surface area contributed by atoms with Crippen molar-refractivity contribution < 1.29 is 9.53 Å². The van der Waals surface area contributed by atoms with Crippen molar-refractivity contribution in [3.63, 3.8) is 0 Å². The highest BCUT2D eigenvalue weighted by atomic mass is 35.5. The standard InChI is InChI=1S/C20H30N2O2.ClH/c1-15(17-8-10-21-11-9-17)12-20(23)22-13-16(2)24-19(14-22)18-6-4-3-5-7-18;/h3-7,15-17,19,21H,8-14H2,1-2H3;1H. The monoisotopic (exact) mass is 366 g/mol. The number of nitrogens with zero attached hydrogens (tertiary/aromatic N) is 1. The van der Waals surface area contributed by atoms with Crippen molar-refractivity contribution >= 4 is 18.3 Å². The van der Waals surface area contributed by atoms with E-state index in [2.05, 4.69) is 31.3 Å². The van der Waals surface area contributed by atoms with E-state index in [0.717, 1.165) is 18.7 Å². The summed E-state index contributed by atoms with van der Waals surface area (Å²) in [6.45, 7) is 7.87. The fraction of sp³-hybridized carbons (Fsp3) is 0.650. The van der Waals surface area contributed by atoms with Crippen LogP contribution >= 0.6 is 12.4 Å². The first kappa shape index (κ1) is 20.2. The maximum Gasteiger partial charge on any atom is 0.223 e. The van der Waals surface area contributed by atoms with Crippen LogP contribution < -0.4 is 5.32 Å². The second-order valence-electron chi connectivity index (χ2n) is 7.41. The molecular weight excluding hydrogens is 336 g/mol. The molecule has 1 aromatic carbocycles. The van der Waals surface area contributed by atoms with Gasteiger partial charge >= 0.3 is 0 Å². The molecule has 0 aromatic heterocycles. The second-order valence-corrected chi connectivity index (χ2v) is 7.41. The number of piperidine rings is 1. The summed E-state index contributed by atoms with van der Waals surface area (Å²) in [5, 5.41) is 3.40. The zero-order chi connectivity index (χ0) is 16.9. The van der Waals surface area contributed by atoms with Gasteiger partial charge in [0, 0.05) is 13.0 Å². The van der Waals surface area contributed by atoms with Crippen LogP contribution in [0.2, 0.25) is 0 Å². The highest BCUT2D eigenvalue weighted by Gasteiger charge is 2.31. The largest absolute Gasteiger partial charge is 0.367 e. The van der Waals surface area contributed by atoms with Crippen LogP contribution in [0.25, 0.3) is 0 Å². The van der Waals surface area contributed by atoms with Crippen LogP contribution in [0, 0.1) is 11.8 Å². The minimum atomic E-state index is -0.00640. The molecule has 4 nitrogen and oxygen atoms in total. The summed E-state index contributed by atoms with van der Waals surface area (Å²) >= 11 is 0. The minimum absolute atomic E-state index is 0. The number of rotatable bonds is 4. The van der Waals surface area contributed by atoms with Crippen molar-refractivity contribution in [2.45, 2.75) is 45.3 Å². The van der Waals surface area contributed by atoms with Gasteiger partial charge in [-0.3, -0.25) is 4.79 Å². The minimum Gasteiger partial charge on any atom is -0.367 e. The molecule has 2 saturated heterocycles. The van der Waals surface area contributed by atoms with Crippen molar-refractivity contribution in [1.29, 1.82) is 0 Å². The first-order valence-corrected chi connectivity index (χ1v) is 9.32. The highest BCUT2D eigenvalue weighted by Crippen LogP contribution is 2.28. The molecule has 25 heavy (non-hydrogen) atoms. The molecule has 5 heteroatoms. The van der Waals surface area contributed by atoms with Crippen molar-refractivity contribution in [3.8, 4) is 0 Å². The molecular formula is C20H31ClN2O2. The van der Waals surface area contributed by atoms with Gasteiger partial charge in [0.15, 0.2) is 0 Å². The normalized spacial score (nSPS) is 25.9. The Balaban J connectivity index is 0.00000225. The van der Waals surface area contributed by atoms with Gasteiger partial charge in [-0.1, -0.05) is 37.3 Å². The molecule has 2 heterocycles. The number of benzene rings is 1. The third-order valence-electron chi connectivity index (χ3n) is 5.47. The van der Waals surface area contributed by atoms with Crippen molar-refractivity contribution in [2.24, 2.45) is 11.8 Å². The lowest BCUT2D eigenvalue weighted by atomic mass is 9.84. The summed E-state index contributed by atoms with van der Waals surface area (Å²) in [7, 11) is 0. The number of hydrogen-bond donors (Lipinski definition) is 1. The molecule has 0 spiro atoms. The van der Waals surface area contributed by atoms with Crippen molar-refractivity contribution in [3.05, 3.63) is 35.9 Å². The summed E-state index contributed by atoms with van der Waals surface area (Å²) < 4.78 is 6.07. The quantitative estimate of drug-likeness (QED) is 0.887. The van der Waals surface area contributed by atoms with E-state index in [1.54, 1.807) is 0 Å². The highest BCUT2D eigenvalue weighted by molar-refractivity contribution is 5.85. The Kier molecular flexibility index (Phi) is 7.73. The molecule has 1 N–H and O–H groups in total. The predicted octanol–water partition coefficient (Wildman–Crippen LogP) is 3.42. The van der Waals surface area contributed by atoms with Crippen LogP contribution in [0.4, 0.5) is 0 Å². The van der Waals surface area contributed by atoms with Gasteiger partial charge in [-0.25, -0.2) is 0 Å². The zero-order valence-electron chi connectivity index (χ0n) is 15.3. The summed E-state index contributed by atoms with van der Waals surface area (Å²) in [5.41, 5.74) is 1.16. The summed E-state index contributed by atoms with van der Waals surface area (Å²) in [6.07, 6.45) is 3.13. The molecule has 1 aromatic rings. The van der Waals surface area contributed by atoms with E-state index >= 15 is 0 Å². The Morgan fingerprint density at radius 2 is 1.92 bits per heavy atom. The lowest BCUT2D eigenvalue weighted by Gasteiger charge is -2.38. The van der Waals surface area contributed by atoms with Crippen LogP contribution in [-0.4, -0.2) is 43.1 Å². The van der Waals surface area contributed by atoms with Gasteiger partial charge in [0.25, 0.3) is 0 Å². The van der Waals surface area contributed by atoms with E-state index < -0.39 is 0 Å². The summed E-state index contributed by atoms with van der Waals surface area (Å²) in [4.78, 5) is 14.8. The summed E-state index contributed by atoms with van der Waals surface area (Å²) in [6, 6.07) is 10.2. The number of halogens is 1. The maximum absolute atomic E-state index is 12.8. The average Bonchev–Trinajstić information content (AvgIpc) is 2.62. The first-order valence-electron chi connectivity index (χ1n) is 9.32. The fourth-order valence-corrected chi connectivity index (χ4v) is 3.99. The molecule has 2 aliphatic heterocycles. The van der Waals surface area contributed by atoms with E-state index in [-0.39, 0.29) is 30.5 Å². The van der Waals surface area contributed by atoms with E-state index in [1.165, 1.54) is 12.8 Å². The Hall–Kier alpha value is -1.10. The third kappa shape index (κ3) is 5.44. The predicted molar refractivity (Wildman–Crippen MR) is 103 cm³/mol. The number of morpholine rings is 1. The summed E-state index contributed by atoms with van der Waals surface area (Å²) in [5.74, 6) is 1.43. The molecule has 2 fully saturated rings. The van der Waals surface area contributed by atoms with Gasteiger partial charge in [0.1, 0.15) is 6.10 Å². The second kappa shape index (κ2) is 9.56. The molecule has 2 aliphatic rings. The van der Waals surface area contributed by atoms with Crippen LogP contribution in [0.15, 0.2) is 30.3 Å². The third-order valence-corrected chi connectivity index (χ3v) is 5.47. The zero-order valence-corrected chi connectivity index (χ0v) is 16.1. The van der Waals surface area contributed by atoms with E-state index in [1.807, 2.05) is 23.1 Å². The number of carbonyl (C=O) groups is 1. The van der Waals surface area contributed by atoms with Gasteiger partial charge in [-0.05, 0) is 50.3 Å². The number of nitrogens with one attached hydrogen (secondary N) is 1. The number of hydrogen-bond acceptors (Lipinski definition) is 3. The van der Waals surface area contributed by atoms with E-state index in [9.17, 15) is 4.79 Å². The molecule has 3 atom stereocenters. The molecule has 1 amide bonds. The molecule has 0 bridgehead atoms. The molecule has 3 unspecified atom stereocenters. The van der Waals surface area contributed by atoms with E-state index in [0.29, 0.717) is 31.3 Å². The topological polar surface area (TPSA) is 41.6 Å². The van der Waals surface area contributed by atoms with Crippen LogP contribution in [0.3, 0.4) is 0 Å². The Bertz CT molecular complexity index is 534. The van der Waals surface area contributed by atoms with Gasteiger partial charge in [-0.2, -0.15) is 0 Å². The SMILES string of the molecule is CC1CN(C(=O)CC(C)C2CCNCC2)CC(c2ccccc2)O1.Cl. The van der Waals surface area contributed by atoms with Crippen LogP contribution in [0.5, 0.6) is 0 Å². The Morgan fingerprint density at radius 1 is 1.24 bits per heavy atom. The van der Waals surface area contributed by atoms with Gasteiger partial charge < -0.3 is 15.0 Å². The van der Waals surface area contributed by atoms with Crippen molar-refractivity contribution in [2.75, 3.05) is 26.2 Å². The number of amides is 1. The fourth-order valence-electron chi connectivity index (χ4n) is 3.99. The van der Waals surface area contributed by atoms with Crippen LogP contribution in [-0.2, 0) is 9.53 Å². The molecule has 0 radical (unpaired) electrons. The van der Waals surface area contributed by atoms with Crippen molar-refractivity contribution in [1.82, 2.24) is 10.2 Å². The lowest BCUT2D eigenvalue weighted by molar-refractivity contribution is -0.146. The Morgan fingerprint density at radius 3 is 2.60 bits per heavy atom. The maximum atomic E-state index is 12.8. The number of ether oxygens (including phenoxy) is 1. The van der Waals surface area contributed by atoms with Gasteiger partial charge in [0.2, 0.25) is 5.91 Å². The van der Waals surface area contributed by atoms with Crippen LogP contribution in [0.1, 0.15) is 44.8 Å². The molecule has 140 valence electrons. The smallest absolute Gasteiger partial charge is 0.223 e. The van der Waals surface area contributed by atoms with Gasteiger partial charge in [-0.15, -0.1) is 12.4 Å².